The van der Waals surface area contributed by atoms with E-state index in [1.807, 2.05) is 42.5 Å². The highest BCUT2D eigenvalue weighted by Gasteiger charge is 2.26. The molecule has 0 saturated carbocycles. The standard InChI is InChI=1S/C22H27ClN2O3/c1-15(2)18-10-6-8-12-20(18)28-14-21(26)25(16(3)22(27)24-4)13-17-9-5-7-11-19(17)23/h5-12,15-16H,13-14H2,1-4H3,(H,24,27)/t16-/m0/s1. The van der Waals surface area contributed by atoms with Crippen LogP contribution in [0.1, 0.15) is 37.8 Å². The zero-order valence-electron chi connectivity index (χ0n) is 16.7. The number of benzene rings is 2. The van der Waals surface area contributed by atoms with E-state index in [1.165, 1.54) is 4.90 Å². The number of hydrogen-bond donors (Lipinski definition) is 1. The molecular formula is C22H27ClN2O3. The number of ether oxygens (including phenoxy) is 1. The maximum atomic E-state index is 13.0. The predicted octanol–water partition coefficient (Wildman–Crippen LogP) is 4.01. The van der Waals surface area contributed by atoms with Crippen LogP contribution in [0.2, 0.25) is 5.02 Å². The van der Waals surface area contributed by atoms with E-state index < -0.39 is 6.04 Å². The molecule has 0 aromatic heterocycles. The molecule has 2 rings (SSSR count). The molecule has 2 aromatic rings. The van der Waals surface area contributed by atoms with Crippen LogP contribution in [-0.4, -0.2) is 36.4 Å². The van der Waals surface area contributed by atoms with Gasteiger partial charge in [0.2, 0.25) is 5.91 Å². The van der Waals surface area contributed by atoms with Gasteiger partial charge >= 0.3 is 0 Å². The first-order chi connectivity index (χ1) is 13.3. The summed E-state index contributed by atoms with van der Waals surface area (Å²) in [5.41, 5.74) is 1.81. The SMILES string of the molecule is CNC(=O)[C@H](C)N(Cc1ccccc1Cl)C(=O)COc1ccccc1C(C)C. The molecule has 28 heavy (non-hydrogen) atoms. The molecule has 2 amide bonds. The van der Waals surface area contributed by atoms with E-state index >= 15 is 0 Å². The molecule has 2 aromatic carbocycles. The van der Waals surface area contributed by atoms with Gasteiger partial charge in [0, 0.05) is 18.6 Å². The first-order valence-corrected chi connectivity index (χ1v) is 9.69. The molecule has 0 bridgehead atoms. The largest absolute Gasteiger partial charge is 0.483 e. The molecule has 0 aliphatic rings. The van der Waals surface area contributed by atoms with Crippen molar-refractivity contribution < 1.29 is 14.3 Å². The Bertz CT molecular complexity index is 823. The quantitative estimate of drug-likeness (QED) is 0.725. The number of amides is 2. The van der Waals surface area contributed by atoms with E-state index in [2.05, 4.69) is 19.2 Å². The monoisotopic (exact) mass is 402 g/mol. The van der Waals surface area contributed by atoms with Crippen molar-refractivity contribution in [2.75, 3.05) is 13.7 Å². The zero-order valence-corrected chi connectivity index (χ0v) is 17.5. The molecule has 5 nitrogen and oxygen atoms in total. The van der Waals surface area contributed by atoms with Crippen molar-refractivity contribution in [3.05, 3.63) is 64.7 Å². The van der Waals surface area contributed by atoms with Crippen LogP contribution in [0.25, 0.3) is 0 Å². The number of para-hydroxylation sites is 1. The number of carbonyl (C=O) groups is 2. The number of halogens is 1. The molecule has 0 aliphatic heterocycles. The van der Waals surface area contributed by atoms with Gasteiger partial charge in [-0.05, 0) is 36.1 Å². The topological polar surface area (TPSA) is 58.6 Å². The molecule has 150 valence electrons. The minimum Gasteiger partial charge on any atom is -0.483 e. The van der Waals surface area contributed by atoms with E-state index in [9.17, 15) is 9.59 Å². The van der Waals surface area contributed by atoms with Crippen LogP contribution in [0.15, 0.2) is 48.5 Å². The van der Waals surface area contributed by atoms with Crippen LogP contribution < -0.4 is 10.1 Å². The second kappa shape index (κ2) is 10.1. The summed E-state index contributed by atoms with van der Waals surface area (Å²) in [7, 11) is 1.55. The molecule has 0 fully saturated rings. The average molecular weight is 403 g/mol. The fraction of sp³-hybridized carbons (Fsp3) is 0.364. The van der Waals surface area contributed by atoms with Crippen LogP contribution in [0.5, 0.6) is 5.75 Å². The third-order valence-corrected chi connectivity index (χ3v) is 4.97. The van der Waals surface area contributed by atoms with Gasteiger partial charge in [-0.25, -0.2) is 0 Å². The Morgan fingerprint density at radius 3 is 2.36 bits per heavy atom. The summed E-state index contributed by atoms with van der Waals surface area (Å²) >= 11 is 6.25. The van der Waals surface area contributed by atoms with Gasteiger partial charge in [0.1, 0.15) is 11.8 Å². The van der Waals surface area contributed by atoms with Gasteiger partial charge in [-0.1, -0.05) is 61.8 Å². The fourth-order valence-electron chi connectivity index (χ4n) is 2.91. The maximum absolute atomic E-state index is 13.0. The van der Waals surface area contributed by atoms with E-state index in [1.54, 1.807) is 20.0 Å². The third-order valence-electron chi connectivity index (χ3n) is 4.60. The summed E-state index contributed by atoms with van der Waals surface area (Å²) in [6, 6.07) is 14.3. The highest BCUT2D eigenvalue weighted by molar-refractivity contribution is 6.31. The molecule has 0 spiro atoms. The molecule has 0 saturated heterocycles. The molecule has 1 N–H and O–H groups in total. The Morgan fingerprint density at radius 1 is 1.07 bits per heavy atom. The number of nitrogens with zero attached hydrogens (tertiary/aromatic N) is 1. The van der Waals surface area contributed by atoms with Crippen molar-refractivity contribution in [2.45, 2.75) is 39.3 Å². The smallest absolute Gasteiger partial charge is 0.261 e. The normalized spacial score (nSPS) is 11.8. The van der Waals surface area contributed by atoms with Crippen molar-refractivity contribution in [3.8, 4) is 5.75 Å². The van der Waals surface area contributed by atoms with Gasteiger partial charge in [0.25, 0.3) is 5.91 Å². The summed E-state index contributed by atoms with van der Waals surface area (Å²) in [5, 5.41) is 3.14. The summed E-state index contributed by atoms with van der Waals surface area (Å²) < 4.78 is 5.82. The van der Waals surface area contributed by atoms with E-state index in [4.69, 9.17) is 16.3 Å². The lowest BCUT2D eigenvalue weighted by atomic mass is 10.0. The van der Waals surface area contributed by atoms with Crippen LogP contribution >= 0.6 is 11.6 Å². The maximum Gasteiger partial charge on any atom is 0.261 e. The lowest BCUT2D eigenvalue weighted by Gasteiger charge is -2.28. The second-order valence-corrected chi connectivity index (χ2v) is 7.29. The summed E-state index contributed by atoms with van der Waals surface area (Å²) in [6.07, 6.45) is 0. The highest BCUT2D eigenvalue weighted by Crippen LogP contribution is 2.26. The Labute approximate surface area is 171 Å². The summed E-state index contributed by atoms with van der Waals surface area (Å²) in [5.74, 6) is 0.420. The third kappa shape index (κ3) is 5.49. The van der Waals surface area contributed by atoms with E-state index in [0.29, 0.717) is 10.8 Å². The van der Waals surface area contributed by atoms with Gasteiger partial charge < -0.3 is 15.0 Å². The number of hydrogen-bond acceptors (Lipinski definition) is 3. The fourth-order valence-corrected chi connectivity index (χ4v) is 3.11. The van der Waals surface area contributed by atoms with Gasteiger partial charge in [-0.3, -0.25) is 9.59 Å². The molecular weight excluding hydrogens is 376 g/mol. The van der Waals surface area contributed by atoms with Crippen LogP contribution in [0, 0.1) is 0 Å². The predicted molar refractivity (Wildman–Crippen MR) is 112 cm³/mol. The molecule has 0 radical (unpaired) electrons. The van der Waals surface area contributed by atoms with Gasteiger partial charge in [-0.2, -0.15) is 0 Å². The summed E-state index contributed by atoms with van der Waals surface area (Å²) in [6.45, 7) is 5.90. The van der Waals surface area contributed by atoms with Crippen LogP contribution in [0.4, 0.5) is 0 Å². The summed E-state index contributed by atoms with van der Waals surface area (Å²) in [4.78, 5) is 26.6. The Morgan fingerprint density at radius 2 is 1.71 bits per heavy atom. The zero-order chi connectivity index (χ0) is 20.7. The number of rotatable bonds is 8. The van der Waals surface area contributed by atoms with Crippen molar-refractivity contribution in [3.63, 3.8) is 0 Å². The number of likely N-dealkylation sites (N-methyl/N-ethyl adjacent to an activating group) is 1. The van der Waals surface area contributed by atoms with Crippen molar-refractivity contribution in [1.29, 1.82) is 0 Å². The molecule has 1 atom stereocenters. The highest BCUT2D eigenvalue weighted by atomic mass is 35.5. The lowest BCUT2D eigenvalue weighted by Crippen LogP contribution is -2.48. The van der Waals surface area contributed by atoms with Crippen LogP contribution in [0.3, 0.4) is 0 Å². The van der Waals surface area contributed by atoms with E-state index in [-0.39, 0.29) is 30.9 Å². The molecule has 0 unspecified atom stereocenters. The van der Waals surface area contributed by atoms with Crippen molar-refractivity contribution >= 4 is 23.4 Å². The van der Waals surface area contributed by atoms with Gasteiger partial charge in [0.05, 0.1) is 0 Å². The lowest BCUT2D eigenvalue weighted by molar-refractivity contribution is -0.142. The Kier molecular flexibility index (Phi) is 7.88. The molecule has 0 heterocycles. The molecule has 6 heteroatoms. The second-order valence-electron chi connectivity index (χ2n) is 6.88. The van der Waals surface area contributed by atoms with Gasteiger partial charge in [-0.15, -0.1) is 0 Å². The van der Waals surface area contributed by atoms with Crippen LogP contribution in [-0.2, 0) is 16.1 Å². The minimum atomic E-state index is -0.655. The van der Waals surface area contributed by atoms with Crippen molar-refractivity contribution in [2.24, 2.45) is 0 Å². The molecule has 0 aliphatic carbocycles. The number of carbonyl (C=O) groups excluding carboxylic acids is 2. The first-order valence-electron chi connectivity index (χ1n) is 9.31. The van der Waals surface area contributed by atoms with Gasteiger partial charge in [0.15, 0.2) is 6.61 Å². The first kappa shape index (κ1) is 21.8. The minimum absolute atomic E-state index is 0.157. The van der Waals surface area contributed by atoms with Crippen molar-refractivity contribution in [1.82, 2.24) is 10.2 Å². The Balaban J connectivity index is 2.19. The van der Waals surface area contributed by atoms with E-state index in [0.717, 1.165) is 11.1 Å². The Hall–Kier alpha value is -2.53. The average Bonchev–Trinajstić information content (AvgIpc) is 2.70. The number of nitrogens with one attached hydrogen (secondary N) is 1.